The lowest BCUT2D eigenvalue weighted by Gasteiger charge is -2.07. The molecule has 0 unspecified atom stereocenters. The predicted molar refractivity (Wildman–Crippen MR) is 178 cm³/mol. The van der Waals surface area contributed by atoms with Gasteiger partial charge in [-0.3, -0.25) is 9.11 Å². The molecule has 1 aromatic heterocycles. The van der Waals surface area contributed by atoms with Gasteiger partial charge in [0.1, 0.15) is 27.4 Å². The van der Waals surface area contributed by atoms with Crippen LogP contribution in [0.3, 0.4) is 0 Å². The number of fused-ring (bicyclic) bond motifs is 3. The van der Waals surface area contributed by atoms with Crippen molar-refractivity contribution in [3.8, 4) is 11.4 Å². The number of nitrogen functional groups attached to an aromatic ring is 1. The second-order valence-electron chi connectivity index (χ2n) is 10.9. The number of aromatic nitrogens is 3. The van der Waals surface area contributed by atoms with E-state index in [4.69, 9.17) is 5.73 Å². The molecule has 244 valence electrons. The van der Waals surface area contributed by atoms with Gasteiger partial charge in [0.2, 0.25) is 0 Å². The summed E-state index contributed by atoms with van der Waals surface area (Å²) in [5.74, 6) is -0.269. The molecule has 1 heterocycles. The van der Waals surface area contributed by atoms with Crippen LogP contribution >= 0.6 is 0 Å². The summed E-state index contributed by atoms with van der Waals surface area (Å²) in [6.07, 6.45) is 0. The van der Waals surface area contributed by atoms with E-state index in [1.807, 2.05) is 39.0 Å². The van der Waals surface area contributed by atoms with E-state index in [0.29, 0.717) is 28.8 Å². The minimum absolute atomic E-state index is 0.0234. The van der Waals surface area contributed by atoms with Crippen molar-refractivity contribution in [3.63, 3.8) is 0 Å². The third-order valence-corrected chi connectivity index (χ3v) is 9.20. The third-order valence-electron chi connectivity index (χ3n) is 7.48. The first-order valence-electron chi connectivity index (χ1n) is 14.0. The van der Waals surface area contributed by atoms with Crippen molar-refractivity contribution in [3.05, 3.63) is 89.5 Å². The van der Waals surface area contributed by atoms with Gasteiger partial charge in [-0.25, -0.2) is 0 Å². The Labute approximate surface area is 273 Å². The van der Waals surface area contributed by atoms with Crippen molar-refractivity contribution >= 4 is 70.5 Å². The van der Waals surface area contributed by atoms with Crippen LogP contribution in [-0.2, 0) is 20.2 Å². The fourth-order valence-corrected chi connectivity index (χ4v) is 6.27. The van der Waals surface area contributed by atoms with Crippen molar-refractivity contribution < 1.29 is 31.0 Å². The van der Waals surface area contributed by atoms with Crippen LogP contribution in [0, 0.1) is 20.8 Å². The van der Waals surface area contributed by atoms with Crippen molar-refractivity contribution in [2.75, 3.05) is 5.73 Å². The largest absolute Gasteiger partial charge is 0.506 e. The molecule has 0 spiro atoms. The van der Waals surface area contributed by atoms with E-state index in [-0.39, 0.29) is 33.2 Å². The number of aryl methyl sites for hydroxylation is 3. The average Bonchev–Trinajstić information content (AvgIpc) is 3.45. The molecule has 6 aromatic rings. The number of rotatable bonds is 7. The lowest BCUT2D eigenvalue weighted by Crippen LogP contribution is -2.04. The summed E-state index contributed by atoms with van der Waals surface area (Å²) >= 11 is 0. The predicted octanol–water partition coefficient (Wildman–Crippen LogP) is 7.11. The second kappa shape index (κ2) is 11.9. The van der Waals surface area contributed by atoms with E-state index >= 15 is 0 Å². The molecular weight excluding hydrogens is 661 g/mol. The normalized spacial score (nSPS) is 12.6. The first kappa shape index (κ1) is 32.3. The number of phenolic OH excluding ortho intramolecular Hbond substituents is 1. The highest BCUT2D eigenvalue weighted by Crippen LogP contribution is 2.34. The van der Waals surface area contributed by atoms with Gasteiger partial charge in [-0.2, -0.15) is 37.3 Å². The molecule has 0 aliphatic heterocycles. The molecule has 0 amide bonds. The molecular formula is C31H26N8O7S2. The molecule has 17 heteroatoms. The smallest absolute Gasteiger partial charge is 0.295 e. The van der Waals surface area contributed by atoms with Crippen LogP contribution in [0.4, 0.5) is 28.4 Å². The number of benzene rings is 5. The Balaban J connectivity index is 1.28. The number of aromatic hydroxyl groups is 1. The monoisotopic (exact) mass is 686 g/mol. The number of nitrogens with zero attached hydrogens (tertiary/aromatic N) is 7. The van der Waals surface area contributed by atoms with Gasteiger partial charge in [-0.1, -0.05) is 6.07 Å². The molecule has 0 saturated carbocycles. The summed E-state index contributed by atoms with van der Waals surface area (Å²) < 4.78 is 67.0. The Morgan fingerprint density at radius 1 is 0.667 bits per heavy atom. The van der Waals surface area contributed by atoms with Crippen LogP contribution in [0.2, 0.25) is 0 Å². The van der Waals surface area contributed by atoms with E-state index in [1.54, 1.807) is 18.2 Å². The molecule has 0 atom stereocenters. The molecule has 6 rings (SSSR count). The Bertz CT molecular complexity index is 2580. The maximum atomic E-state index is 12.0. The quantitative estimate of drug-likeness (QED) is 0.0754. The van der Waals surface area contributed by atoms with Gasteiger partial charge < -0.3 is 10.8 Å². The highest BCUT2D eigenvalue weighted by Gasteiger charge is 2.23. The van der Waals surface area contributed by atoms with Crippen LogP contribution in [0.15, 0.2) is 103 Å². The first-order chi connectivity index (χ1) is 22.6. The number of hydrogen-bond acceptors (Lipinski definition) is 12. The standard InChI is InChI=1S/C31H26N8O7S2/c1-16-12-27(18(3)11-24(16)32)36-33-19-4-7-25(17(2)10-19)35-34-20-5-9-28(29(40)13-20)39-37-26-8-6-22-23(31(26)38-39)14-21(47(41,42)43)15-30(22)48(44,45)46/h4-15,40H,32H2,1-3H3,(H,41,42,43)(H,44,45,46). The number of anilines is 1. The van der Waals surface area contributed by atoms with E-state index in [1.165, 1.54) is 24.3 Å². The zero-order valence-corrected chi connectivity index (χ0v) is 27.1. The topological polar surface area (TPSA) is 235 Å². The van der Waals surface area contributed by atoms with Crippen LogP contribution < -0.4 is 5.73 Å². The van der Waals surface area contributed by atoms with Gasteiger partial charge in [0.25, 0.3) is 20.2 Å². The Hall–Kier alpha value is -5.62. The summed E-state index contributed by atoms with van der Waals surface area (Å²) in [5, 5.41) is 36.6. The van der Waals surface area contributed by atoms with Gasteiger partial charge in [-0.05, 0) is 98.1 Å². The molecule has 5 N–H and O–H groups in total. The van der Waals surface area contributed by atoms with Crippen LogP contribution in [0.5, 0.6) is 5.75 Å². The highest BCUT2D eigenvalue weighted by molar-refractivity contribution is 7.86. The molecule has 48 heavy (non-hydrogen) atoms. The molecule has 15 nitrogen and oxygen atoms in total. The SMILES string of the molecule is Cc1cc(N=Nc2ccc(N=Nc3ccc(-n4nc5ccc6c(S(=O)(=O)O)cc(S(=O)(=O)O)cc6c5n4)c(O)c3)c(C)c2)c(C)cc1N. The summed E-state index contributed by atoms with van der Waals surface area (Å²) in [6, 6.07) is 17.8. The molecule has 0 radical (unpaired) electrons. The fraction of sp³-hybridized carbons (Fsp3) is 0.0968. The average molecular weight is 687 g/mol. The van der Waals surface area contributed by atoms with E-state index in [2.05, 4.69) is 30.7 Å². The fourth-order valence-electron chi connectivity index (χ4n) is 4.93. The van der Waals surface area contributed by atoms with Crippen molar-refractivity contribution in [2.45, 2.75) is 30.6 Å². The molecule has 0 aliphatic carbocycles. The third kappa shape index (κ3) is 6.34. The van der Waals surface area contributed by atoms with Crippen LogP contribution in [-0.4, -0.2) is 46.0 Å². The maximum Gasteiger partial charge on any atom is 0.295 e. The molecule has 0 saturated heterocycles. The number of azo groups is 2. The van der Waals surface area contributed by atoms with Gasteiger partial charge in [-0.15, -0.1) is 15.0 Å². The van der Waals surface area contributed by atoms with Gasteiger partial charge in [0, 0.05) is 22.5 Å². The van der Waals surface area contributed by atoms with Gasteiger partial charge >= 0.3 is 0 Å². The van der Waals surface area contributed by atoms with Crippen molar-refractivity contribution in [1.29, 1.82) is 0 Å². The summed E-state index contributed by atoms with van der Waals surface area (Å²) in [6.45, 7) is 5.66. The summed E-state index contributed by atoms with van der Waals surface area (Å²) in [7, 11) is -9.74. The van der Waals surface area contributed by atoms with E-state index in [0.717, 1.165) is 33.2 Å². The van der Waals surface area contributed by atoms with Crippen LogP contribution in [0.1, 0.15) is 16.7 Å². The summed E-state index contributed by atoms with van der Waals surface area (Å²) in [4.78, 5) is -0.433. The first-order valence-corrected chi connectivity index (χ1v) is 16.9. The molecule has 0 bridgehead atoms. The lowest BCUT2D eigenvalue weighted by atomic mass is 10.1. The molecule has 0 fully saturated rings. The Kier molecular flexibility index (Phi) is 8.00. The maximum absolute atomic E-state index is 12.0. The number of phenols is 1. The van der Waals surface area contributed by atoms with E-state index in [9.17, 15) is 31.0 Å². The van der Waals surface area contributed by atoms with E-state index < -0.39 is 30.0 Å². The number of hydrogen-bond donors (Lipinski definition) is 4. The minimum Gasteiger partial charge on any atom is -0.506 e. The Morgan fingerprint density at radius 2 is 1.33 bits per heavy atom. The minimum atomic E-state index is -4.89. The van der Waals surface area contributed by atoms with Crippen molar-refractivity contribution in [1.82, 2.24) is 15.0 Å². The number of nitrogens with two attached hydrogens (primary N) is 1. The highest BCUT2D eigenvalue weighted by atomic mass is 32.2. The molecule has 0 aliphatic rings. The lowest BCUT2D eigenvalue weighted by molar-refractivity contribution is 0.468. The zero-order valence-electron chi connectivity index (χ0n) is 25.4. The van der Waals surface area contributed by atoms with Gasteiger partial charge in [0.05, 0.1) is 27.6 Å². The molecule has 5 aromatic carbocycles. The van der Waals surface area contributed by atoms with Crippen LogP contribution in [0.25, 0.3) is 27.5 Å². The van der Waals surface area contributed by atoms with Gasteiger partial charge in [0.15, 0.2) is 0 Å². The Morgan fingerprint density at radius 3 is 2.00 bits per heavy atom. The summed E-state index contributed by atoms with van der Waals surface area (Å²) in [5.41, 5.74) is 11.8. The zero-order chi connectivity index (χ0) is 34.5. The second-order valence-corrected chi connectivity index (χ2v) is 13.7. The van der Waals surface area contributed by atoms with Crippen molar-refractivity contribution in [2.24, 2.45) is 20.5 Å².